The number of ketones is 1. The summed E-state index contributed by atoms with van der Waals surface area (Å²) in [6.07, 6.45) is 4.11. The number of carbonyl (C=O) groups is 2. The molecule has 1 heterocycles. The molecular formula is C24H31FN4O3. The van der Waals surface area contributed by atoms with Crippen molar-refractivity contribution in [2.24, 2.45) is 11.1 Å². The van der Waals surface area contributed by atoms with Gasteiger partial charge in [0.05, 0.1) is 28.6 Å². The minimum atomic E-state index is -0.721. The zero-order chi connectivity index (χ0) is 23.2. The monoisotopic (exact) mass is 442 g/mol. The summed E-state index contributed by atoms with van der Waals surface area (Å²) in [5, 5.41) is 17.7. The van der Waals surface area contributed by atoms with Crippen LogP contribution in [0.2, 0.25) is 0 Å². The maximum absolute atomic E-state index is 15.3. The van der Waals surface area contributed by atoms with Crippen molar-refractivity contribution in [3.8, 4) is 5.69 Å². The molecule has 0 unspecified atom stereocenters. The van der Waals surface area contributed by atoms with Gasteiger partial charge in [-0.2, -0.15) is 5.10 Å². The standard InChI is InChI=1S/C24H31FN4O3/c1-4-17-22-20(11-24(2,3)12-21(22)31)29(28-17)19-10-18(15(23(26)32)9-16(19)25)27-13-5-7-14(30)8-6-13/h9-10,13-14,27,30H,4-8,11-12H2,1-3H3,(H2,26,32)/t13-,14-. The average molecular weight is 443 g/mol. The summed E-state index contributed by atoms with van der Waals surface area (Å²) in [6.45, 7) is 5.97. The van der Waals surface area contributed by atoms with Gasteiger partial charge in [-0.25, -0.2) is 9.07 Å². The van der Waals surface area contributed by atoms with Crippen LogP contribution in [0.1, 0.15) is 85.0 Å². The van der Waals surface area contributed by atoms with Crippen LogP contribution in [0.3, 0.4) is 0 Å². The summed E-state index contributed by atoms with van der Waals surface area (Å²) >= 11 is 0. The minimum absolute atomic E-state index is 0.0348. The van der Waals surface area contributed by atoms with Crippen LogP contribution < -0.4 is 11.1 Å². The average Bonchev–Trinajstić information content (AvgIpc) is 3.08. The van der Waals surface area contributed by atoms with Gasteiger partial charge in [-0.3, -0.25) is 9.59 Å². The number of nitrogens with zero attached hydrogens (tertiary/aromatic N) is 2. The van der Waals surface area contributed by atoms with Crippen molar-refractivity contribution in [1.82, 2.24) is 9.78 Å². The zero-order valence-corrected chi connectivity index (χ0v) is 18.9. The Balaban J connectivity index is 1.81. The maximum Gasteiger partial charge on any atom is 0.250 e. The molecule has 172 valence electrons. The van der Waals surface area contributed by atoms with E-state index in [4.69, 9.17) is 5.73 Å². The molecule has 8 heteroatoms. The number of aryl methyl sites for hydroxylation is 1. The van der Waals surface area contributed by atoms with Crippen LogP contribution in [0.5, 0.6) is 0 Å². The van der Waals surface area contributed by atoms with Crippen LogP contribution in [0.25, 0.3) is 5.69 Å². The van der Waals surface area contributed by atoms with Gasteiger partial charge in [0.2, 0.25) is 0 Å². The number of hydrogen-bond acceptors (Lipinski definition) is 5. The Morgan fingerprint density at radius 1 is 1.28 bits per heavy atom. The summed E-state index contributed by atoms with van der Waals surface area (Å²) in [4.78, 5) is 24.9. The molecule has 0 spiro atoms. The number of rotatable bonds is 5. The van der Waals surface area contributed by atoms with Gasteiger partial charge in [0.1, 0.15) is 11.5 Å². The molecule has 4 N–H and O–H groups in total. The Kier molecular flexibility index (Phi) is 5.83. The topological polar surface area (TPSA) is 110 Å². The van der Waals surface area contributed by atoms with E-state index < -0.39 is 11.7 Å². The van der Waals surface area contributed by atoms with Crippen molar-refractivity contribution in [3.05, 3.63) is 40.5 Å². The summed E-state index contributed by atoms with van der Waals surface area (Å²) in [7, 11) is 0. The molecule has 1 amide bonds. The Morgan fingerprint density at radius 2 is 1.97 bits per heavy atom. The number of Topliss-reactive ketones (excluding diaryl/α,β-unsaturated/α-hetero) is 1. The van der Waals surface area contributed by atoms with Gasteiger partial charge >= 0.3 is 0 Å². The first kappa shape index (κ1) is 22.5. The molecule has 2 aromatic rings. The van der Waals surface area contributed by atoms with E-state index in [1.54, 1.807) is 6.07 Å². The molecule has 0 saturated heterocycles. The third-order valence-corrected chi connectivity index (χ3v) is 6.59. The molecule has 32 heavy (non-hydrogen) atoms. The predicted molar refractivity (Wildman–Crippen MR) is 120 cm³/mol. The Labute approximate surface area is 187 Å². The molecule has 2 aliphatic rings. The minimum Gasteiger partial charge on any atom is -0.393 e. The molecule has 2 aliphatic carbocycles. The second kappa shape index (κ2) is 8.31. The number of amides is 1. The van der Waals surface area contributed by atoms with Crippen molar-refractivity contribution >= 4 is 17.4 Å². The summed E-state index contributed by atoms with van der Waals surface area (Å²) in [5.74, 6) is -1.30. The molecule has 0 bridgehead atoms. The zero-order valence-electron chi connectivity index (χ0n) is 18.9. The highest BCUT2D eigenvalue weighted by molar-refractivity contribution is 6.00. The van der Waals surface area contributed by atoms with Gasteiger partial charge < -0.3 is 16.2 Å². The number of hydrogen-bond donors (Lipinski definition) is 3. The molecule has 4 rings (SSSR count). The second-order valence-electron chi connectivity index (χ2n) is 9.84. The van der Waals surface area contributed by atoms with Crippen LogP contribution in [0.4, 0.5) is 10.1 Å². The molecule has 1 aromatic heterocycles. The first-order chi connectivity index (χ1) is 15.1. The summed E-state index contributed by atoms with van der Waals surface area (Å²) in [5.41, 5.74) is 7.96. The van der Waals surface area contributed by atoms with E-state index in [1.165, 1.54) is 4.68 Å². The van der Waals surface area contributed by atoms with E-state index in [1.807, 2.05) is 20.8 Å². The Hall–Kier alpha value is -2.74. The van der Waals surface area contributed by atoms with Crippen LogP contribution in [0, 0.1) is 11.2 Å². The lowest BCUT2D eigenvalue weighted by molar-refractivity contribution is 0.0909. The molecule has 1 aromatic carbocycles. The van der Waals surface area contributed by atoms with E-state index in [0.29, 0.717) is 54.7 Å². The third-order valence-electron chi connectivity index (χ3n) is 6.59. The Morgan fingerprint density at radius 3 is 2.59 bits per heavy atom. The first-order valence-corrected chi connectivity index (χ1v) is 11.3. The number of nitrogens with two attached hydrogens (primary N) is 1. The predicted octanol–water partition coefficient (Wildman–Crippen LogP) is 3.54. The highest BCUT2D eigenvalue weighted by Crippen LogP contribution is 2.38. The summed E-state index contributed by atoms with van der Waals surface area (Å²) in [6, 6.07) is 2.76. The number of carbonyl (C=O) groups excluding carboxylic acids is 2. The van der Waals surface area contributed by atoms with Crippen LogP contribution >= 0.6 is 0 Å². The van der Waals surface area contributed by atoms with E-state index in [-0.39, 0.29) is 34.6 Å². The number of benzene rings is 1. The van der Waals surface area contributed by atoms with E-state index in [2.05, 4.69) is 10.4 Å². The van der Waals surface area contributed by atoms with Crippen molar-refractivity contribution in [2.45, 2.75) is 77.9 Å². The molecule has 0 aliphatic heterocycles. The normalized spacial score (nSPS) is 22.5. The number of aliphatic hydroxyl groups excluding tert-OH is 1. The quantitative estimate of drug-likeness (QED) is 0.656. The number of aromatic nitrogens is 2. The second-order valence-corrected chi connectivity index (χ2v) is 9.84. The van der Waals surface area contributed by atoms with Crippen molar-refractivity contribution < 1.29 is 19.1 Å². The van der Waals surface area contributed by atoms with E-state index in [0.717, 1.165) is 18.9 Å². The van der Waals surface area contributed by atoms with Crippen LogP contribution in [-0.4, -0.2) is 38.7 Å². The molecule has 1 fully saturated rings. The molecular weight excluding hydrogens is 411 g/mol. The lowest BCUT2D eigenvalue weighted by atomic mass is 9.75. The van der Waals surface area contributed by atoms with Gasteiger partial charge in [-0.05, 0) is 56.1 Å². The summed E-state index contributed by atoms with van der Waals surface area (Å²) < 4.78 is 16.8. The smallest absolute Gasteiger partial charge is 0.250 e. The molecule has 7 nitrogen and oxygen atoms in total. The Bertz CT molecular complexity index is 1070. The van der Waals surface area contributed by atoms with Crippen LogP contribution in [0.15, 0.2) is 12.1 Å². The van der Waals surface area contributed by atoms with Crippen molar-refractivity contribution in [1.29, 1.82) is 0 Å². The largest absolute Gasteiger partial charge is 0.393 e. The fraction of sp³-hybridized carbons (Fsp3) is 0.542. The van der Waals surface area contributed by atoms with Gasteiger partial charge in [-0.1, -0.05) is 20.8 Å². The number of aliphatic hydroxyl groups is 1. The molecule has 0 atom stereocenters. The fourth-order valence-corrected chi connectivity index (χ4v) is 4.96. The number of fused-ring (bicyclic) bond motifs is 1. The highest BCUT2D eigenvalue weighted by Gasteiger charge is 2.37. The van der Waals surface area contributed by atoms with E-state index >= 15 is 4.39 Å². The fourth-order valence-electron chi connectivity index (χ4n) is 4.96. The highest BCUT2D eigenvalue weighted by atomic mass is 19.1. The van der Waals surface area contributed by atoms with Gasteiger partial charge in [0, 0.05) is 18.2 Å². The van der Waals surface area contributed by atoms with Crippen molar-refractivity contribution in [2.75, 3.05) is 5.32 Å². The van der Waals surface area contributed by atoms with Crippen molar-refractivity contribution in [3.63, 3.8) is 0 Å². The molecule has 0 radical (unpaired) electrons. The maximum atomic E-state index is 15.3. The third kappa shape index (κ3) is 4.16. The lowest BCUT2D eigenvalue weighted by Gasteiger charge is -2.29. The number of halogens is 1. The van der Waals surface area contributed by atoms with Gasteiger partial charge in [-0.15, -0.1) is 0 Å². The van der Waals surface area contributed by atoms with Gasteiger partial charge in [0.25, 0.3) is 5.91 Å². The van der Waals surface area contributed by atoms with Gasteiger partial charge in [0.15, 0.2) is 5.78 Å². The number of primary amides is 1. The number of nitrogens with one attached hydrogen (secondary N) is 1. The number of anilines is 1. The first-order valence-electron chi connectivity index (χ1n) is 11.3. The van der Waals surface area contributed by atoms with Crippen LogP contribution in [-0.2, 0) is 12.8 Å². The lowest BCUT2D eigenvalue weighted by Crippen LogP contribution is -2.30. The SMILES string of the molecule is CCc1nn(-c2cc(N[C@H]3CC[C@H](O)CC3)c(C(N)=O)cc2F)c2c1C(=O)CC(C)(C)C2. The molecule has 1 saturated carbocycles. The van der Waals surface area contributed by atoms with E-state index in [9.17, 15) is 14.7 Å².